The summed E-state index contributed by atoms with van der Waals surface area (Å²) >= 11 is 3.34. The van der Waals surface area contributed by atoms with Gasteiger partial charge in [0.15, 0.2) is 11.6 Å². The standard InChI is InChI=1S/C15H11BrF2O2/c16-9-2-4-14-10(6-9)13(19)7-15(20-14)8-1-3-11(17)12(18)5-8/h1-6,13,15,19H,7H2. The Morgan fingerprint density at radius 1 is 1.10 bits per heavy atom. The topological polar surface area (TPSA) is 29.5 Å². The van der Waals surface area contributed by atoms with Gasteiger partial charge < -0.3 is 9.84 Å². The third kappa shape index (κ3) is 2.43. The molecule has 1 aliphatic rings. The molecule has 2 nitrogen and oxygen atoms in total. The Balaban J connectivity index is 1.94. The van der Waals surface area contributed by atoms with Crippen molar-refractivity contribution in [3.8, 4) is 5.75 Å². The smallest absolute Gasteiger partial charge is 0.159 e. The first-order chi connectivity index (χ1) is 9.54. The summed E-state index contributed by atoms with van der Waals surface area (Å²) in [5.41, 5.74) is 1.20. The maximum Gasteiger partial charge on any atom is 0.159 e. The molecule has 0 saturated heterocycles. The van der Waals surface area contributed by atoms with Crippen LogP contribution in [0.5, 0.6) is 5.75 Å². The predicted octanol–water partition coefficient (Wildman–Crippen LogP) is 4.28. The molecule has 2 unspecified atom stereocenters. The zero-order chi connectivity index (χ0) is 14.3. The highest BCUT2D eigenvalue weighted by Gasteiger charge is 2.28. The van der Waals surface area contributed by atoms with Gasteiger partial charge in [-0.25, -0.2) is 8.78 Å². The van der Waals surface area contributed by atoms with Crippen LogP contribution in [0.2, 0.25) is 0 Å². The van der Waals surface area contributed by atoms with Crippen molar-refractivity contribution in [2.45, 2.75) is 18.6 Å². The van der Waals surface area contributed by atoms with Gasteiger partial charge in [0.05, 0.1) is 6.10 Å². The number of ether oxygens (including phenoxy) is 1. The molecular weight excluding hydrogens is 330 g/mol. The summed E-state index contributed by atoms with van der Waals surface area (Å²) in [4.78, 5) is 0. The minimum atomic E-state index is -0.915. The molecule has 5 heteroatoms. The van der Waals surface area contributed by atoms with Gasteiger partial charge in [-0.1, -0.05) is 22.0 Å². The summed E-state index contributed by atoms with van der Waals surface area (Å²) in [6.07, 6.45) is -0.891. The average molecular weight is 341 g/mol. The van der Waals surface area contributed by atoms with Crippen molar-refractivity contribution in [3.63, 3.8) is 0 Å². The lowest BCUT2D eigenvalue weighted by Gasteiger charge is -2.30. The Morgan fingerprint density at radius 3 is 2.65 bits per heavy atom. The molecule has 20 heavy (non-hydrogen) atoms. The molecule has 0 fully saturated rings. The van der Waals surface area contributed by atoms with Gasteiger partial charge in [0.25, 0.3) is 0 Å². The first-order valence-corrected chi connectivity index (χ1v) is 6.93. The SMILES string of the molecule is OC1CC(c2ccc(F)c(F)c2)Oc2ccc(Br)cc21. The molecule has 1 heterocycles. The van der Waals surface area contributed by atoms with Gasteiger partial charge >= 0.3 is 0 Å². The van der Waals surface area contributed by atoms with Crippen LogP contribution in [0.3, 0.4) is 0 Å². The molecule has 2 aromatic carbocycles. The van der Waals surface area contributed by atoms with E-state index in [4.69, 9.17) is 4.74 Å². The summed E-state index contributed by atoms with van der Waals surface area (Å²) in [6, 6.07) is 8.99. The van der Waals surface area contributed by atoms with Crippen molar-refractivity contribution < 1.29 is 18.6 Å². The quantitative estimate of drug-likeness (QED) is 0.839. The van der Waals surface area contributed by atoms with Crippen LogP contribution in [0.15, 0.2) is 40.9 Å². The van der Waals surface area contributed by atoms with Crippen LogP contribution in [0.4, 0.5) is 8.78 Å². The normalized spacial score (nSPS) is 21.2. The Hall–Kier alpha value is -1.46. The molecule has 2 atom stereocenters. The van der Waals surface area contributed by atoms with E-state index < -0.39 is 23.8 Å². The van der Waals surface area contributed by atoms with Crippen LogP contribution in [0.1, 0.15) is 29.8 Å². The molecule has 2 aromatic rings. The highest BCUT2D eigenvalue weighted by atomic mass is 79.9. The summed E-state index contributed by atoms with van der Waals surface area (Å²) in [5.74, 6) is -1.25. The van der Waals surface area contributed by atoms with Gasteiger partial charge in [-0.2, -0.15) is 0 Å². The number of aliphatic hydroxyl groups is 1. The lowest BCUT2D eigenvalue weighted by atomic mass is 9.95. The van der Waals surface area contributed by atoms with E-state index in [1.165, 1.54) is 6.07 Å². The summed E-state index contributed by atoms with van der Waals surface area (Å²) in [6.45, 7) is 0. The van der Waals surface area contributed by atoms with Crippen molar-refractivity contribution in [1.29, 1.82) is 0 Å². The van der Waals surface area contributed by atoms with E-state index in [9.17, 15) is 13.9 Å². The molecule has 1 aliphatic heterocycles. The van der Waals surface area contributed by atoms with Gasteiger partial charge in [-0.05, 0) is 35.9 Å². The fraction of sp³-hybridized carbons (Fsp3) is 0.200. The largest absolute Gasteiger partial charge is 0.485 e. The van der Waals surface area contributed by atoms with E-state index in [0.717, 1.165) is 16.6 Å². The predicted molar refractivity (Wildman–Crippen MR) is 73.4 cm³/mol. The lowest BCUT2D eigenvalue weighted by molar-refractivity contribution is 0.0655. The monoisotopic (exact) mass is 340 g/mol. The van der Waals surface area contributed by atoms with Crippen molar-refractivity contribution in [2.24, 2.45) is 0 Å². The molecule has 1 N–H and O–H groups in total. The number of hydrogen-bond acceptors (Lipinski definition) is 2. The third-order valence-electron chi connectivity index (χ3n) is 3.35. The molecule has 0 aliphatic carbocycles. The second kappa shape index (κ2) is 5.14. The summed E-state index contributed by atoms with van der Waals surface area (Å²) < 4.78 is 32.9. The third-order valence-corrected chi connectivity index (χ3v) is 3.85. The molecule has 104 valence electrons. The number of halogens is 3. The van der Waals surface area contributed by atoms with Crippen LogP contribution in [-0.2, 0) is 0 Å². The minimum Gasteiger partial charge on any atom is -0.485 e. The number of fused-ring (bicyclic) bond motifs is 1. The number of rotatable bonds is 1. The van der Waals surface area contributed by atoms with Gasteiger partial charge in [-0.3, -0.25) is 0 Å². The molecular formula is C15H11BrF2O2. The average Bonchev–Trinajstić information content (AvgIpc) is 2.42. The van der Waals surface area contributed by atoms with Crippen molar-refractivity contribution >= 4 is 15.9 Å². The van der Waals surface area contributed by atoms with Gasteiger partial charge in [0, 0.05) is 16.5 Å². The first kappa shape index (κ1) is 13.5. The highest BCUT2D eigenvalue weighted by molar-refractivity contribution is 9.10. The lowest BCUT2D eigenvalue weighted by Crippen LogP contribution is -2.19. The first-order valence-electron chi connectivity index (χ1n) is 6.13. The fourth-order valence-corrected chi connectivity index (χ4v) is 2.71. The van der Waals surface area contributed by atoms with Crippen molar-refractivity contribution in [3.05, 3.63) is 63.6 Å². The van der Waals surface area contributed by atoms with Crippen molar-refractivity contribution in [2.75, 3.05) is 0 Å². The number of aliphatic hydroxyl groups excluding tert-OH is 1. The Morgan fingerprint density at radius 2 is 1.90 bits per heavy atom. The second-order valence-corrected chi connectivity index (χ2v) is 5.63. The molecule has 0 saturated carbocycles. The molecule has 0 spiro atoms. The molecule has 0 aromatic heterocycles. The molecule has 0 radical (unpaired) electrons. The van der Waals surface area contributed by atoms with E-state index in [-0.39, 0.29) is 0 Å². The van der Waals surface area contributed by atoms with E-state index in [1.807, 2.05) is 0 Å². The zero-order valence-electron chi connectivity index (χ0n) is 10.3. The number of hydrogen-bond donors (Lipinski definition) is 1. The zero-order valence-corrected chi connectivity index (χ0v) is 11.9. The van der Waals surface area contributed by atoms with Crippen LogP contribution >= 0.6 is 15.9 Å². The Kier molecular flexibility index (Phi) is 3.48. The van der Waals surface area contributed by atoms with Crippen LogP contribution < -0.4 is 4.74 Å². The minimum absolute atomic E-state index is 0.300. The van der Waals surface area contributed by atoms with E-state index in [1.54, 1.807) is 18.2 Å². The van der Waals surface area contributed by atoms with Crippen LogP contribution in [0, 0.1) is 11.6 Å². The Labute approximate surface area is 123 Å². The molecule has 0 amide bonds. The molecule has 3 rings (SSSR count). The van der Waals surface area contributed by atoms with Crippen molar-refractivity contribution in [1.82, 2.24) is 0 Å². The Bertz CT molecular complexity index is 660. The van der Waals surface area contributed by atoms with Crippen LogP contribution in [0.25, 0.3) is 0 Å². The fourth-order valence-electron chi connectivity index (χ4n) is 2.33. The van der Waals surface area contributed by atoms with E-state index >= 15 is 0 Å². The second-order valence-electron chi connectivity index (χ2n) is 4.71. The van der Waals surface area contributed by atoms with E-state index in [2.05, 4.69) is 15.9 Å². The van der Waals surface area contributed by atoms with Crippen LogP contribution in [-0.4, -0.2) is 5.11 Å². The van der Waals surface area contributed by atoms with Gasteiger partial charge in [0.2, 0.25) is 0 Å². The highest BCUT2D eigenvalue weighted by Crippen LogP contribution is 2.41. The van der Waals surface area contributed by atoms with E-state index in [0.29, 0.717) is 23.3 Å². The molecule has 0 bridgehead atoms. The summed E-state index contributed by atoms with van der Waals surface area (Å²) in [5, 5.41) is 10.2. The van der Waals surface area contributed by atoms with Gasteiger partial charge in [-0.15, -0.1) is 0 Å². The summed E-state index contributed by atoms with van der Waals surface area (Å²) in [7, 11) is 0. The number of benzene rings is 2. The maximum absolute atomic E-state index is 13.3. The van der Waals surface area contributed by atoms with Gasteiger partial charge in [0.1, 0.15) is 11.9 Å². The maximum atomic E-state index is 13.3.